The number of hydrogen-bond acceptors (Lipinski definition) is 5. The number of anilines is 1. The highest BCUT2D eigenvalue weighted by molar-refractivity contribution is 5.90. The van der Waals surface area contributed by atoms with E-state index in [1.54, 1.807) is 28.7 Å². The summed E-state index contributed by atoms with van der Waals surface area (Å²) >= 11 is 0. The number of fused-ring (bicyclic) bond motifs is 1. The Labute approximate surface area is 194 Å². The molecule has 0 aliphatic heterocycles. The number of ether oxygens (including phenoxy) is 1. The van der Waals surface area contributed by atoms with Gasteiger partial charge < -0.3 is 19.9 Å². The number of carbonyl (C=O) groups is 1. The first kappa shape index (κ1) is 24.3. The molecule has 1 heterocycles. The molecule has 176 valence electrons. The van der Waals surface area contributed by atoms with E-state index in [1.807, 2.05) is 69.2 Å². The normalized spacial score (nSPS) is 12.1. The highest BCUT2D eigenvalue weighted by atomic mass is 16.5. The van der Waals surface area contributed by atoms with Gasteiger partial charge in [0.2, 0.25) is 0 Å². The summed E-state index contributed by atoms with van der Waals surface area (Å²) in [4.78, 5) is 35.3. The van der Waals surface area contributed by atoms with Gasteiger partial charge >= 0.3 is 6.03 Å². The Morgan fingerprint density at radius 3 is 2.55 bits per heavy atom. The van der Waals surface area contributed by atoms with E-state index in [4.69, 9.17) is 9.72 Å². The molecule has 1 unspecified atom stereocenters. The molecule has 1 N–H and O–H groups in total. The molecule has 0 radical (unpaired) electrons. The van der Waals surface area contributed by atoms with Crippen molar-refractivity contribution in [2.75, 3.05) is 39.6 Å². The van der Waals surface area contributed by atoms with Crippen molar-refractivity contribution in [1.29, 1.82) is 0 Å². The van der Waals surface area contributed by atoms with E-state index in [2.05, 4.69) is 5.32 Å². The molecule has 2 amide bonds. The van der Waals surface area contributed by atoms with Gasteiger partial charge in [-0.2, -0.15) is 0 Å². The first-order valence-corrected chi connectivity index (χ1v) is 11.2. The van der Waals surface area contributed by atoms with E-state index in [0.29, 0.717) is 54.2 Å². The number of methoxy groups -OCH3 is 1. The summed E-state index contributed by atoms with van der Waals surface area (Å²) in [7, 11) is 5.53. The summed E-state index contributed by atoms with van der Waals surface area (Å²) in [5.74, 6) is 1.26. The zero-order valence-electron chi connectivity index (χ0n) is 20.0. The summed E-state index contributed by atoms with van der Waals surface area (Å²) in [6.07, 6.45) is 0.615. The maximum absolute atomic E-state index is 13.5. The summed E-state index contributed by atoms with van der Waals surface area (Å²) in [6.45, 7) is 5.56. The lowest BCUT2D eigenvalue weighted by Crippen LogP contribution is -2.44. The van der Waals surface area contributed by atoms with Gasteiger partial charge in [-0.25, -0.2) is 9.78 Å². The van der Waals surface area contributed by atoms with Crippen molar-refractivity contribution in [2.24, 2.45) is 0 Å². The number of nitrogens with zero attached hydrogens (tertiary/aromatic N) is 4. The second-order valence-electron chi connectivity index (χ2n) is 8.12. The van der Waals surface area contributed by atoms with Crippen LogP contribution < -0.4 is 15.6 Å². The molecule has 0 aliphatic carbocycles. The molecule has 0 aliphatic rings. The molecule has 2 aromatic carbocycles. The molecule has 3 rings (SSSR count). The summed E-state index contributed by atoms with van der Waals surface area (Å²) in [5.41, 5.74) is 1.20. The third-order valence-electron chi connectivity index (χ3n) is 5.64. The monoisotopic (exact) mass is 451 g/mol. The molecule has 0 spiro atoms. The van der Waals surface area contributed by atoms with Gasteiger partial charge in [-0.1, -0.05) is 25.1 Å². The number of amides is 2. The first-order chi connectivity index (χ1) is 15.9. The lowest BCUT2D eigenvalue weighted by molar-refractivity contribution is 0.171. The lowest BCUT2D eigenvalue weighted by atomic mass is 10.1. The Morgan fingerprint density at radius 1 is 1.12 bits per heavy atom. The zero-order valence-corrected chi connectivity index (χ0v) is 20.0. The Balaban J connectivity index is 2.04. The highest BCUT2D eigenvalue weighted by Gasteiger charge is 2.28. The van der Waals surface area contributed by atoms with Crippen LogP contribution in [0, 0.1) is 0 Å². The molecule has 8 heteroatoms. The molecule has 33 heavy (non-hydrogen) atoms. The largest absolute Gasteiger partial charge is 0.497 e. The maximum Gasteiger partial charge on any atom is 0.322 e. The minimum absolute atomic E-state index is 0.0858. The van der Waals surface area contributed by atoms with Crippen LogP contribution in [0.15, 0.2) is 53.3 Å². The van der Waals surface area contributed by atoms with Crippen molar-refractivity contribution in [3.63, 3.8) is 0 Å². The van der Waals surface area contributed by atoms with E-state index in [9.17, 15) is 9.59 Å². The van der Waals surface area contributed by atoms with Crippen LogP contribution in [0.3, 0.4) is 0 Å². The predicted octanol–water partition coefficient (Wildman–Crippen LogP) is 3.97. The van der Waals surface area contributed by atoms with E-state index >= 15 is 0 Å². The number of para-hydroxylation sites is 1. The zero-order chi connectivity index (χ0) is 24.0. The van der Waals surface area contributed by atoms with Gasteiger partial charge in [0, 0.05) is 31.4 Å². The number of nitrogens with one attached hydrogen (secondary N) is 1. The van der Waals surface area contributed by atoms with E-state index in [0.717, 1.165) is 0 Å². The number of hydrogen-bond donors (Lipinski definition) is 1. The SMILES string of the molecule is CCC(c1nc2ccccc2c(=O)n1CC)N(CCN(C)C)C(=O)Nc1cccc(OC)c1. The van der Waals surface area contributed by atoms with Crippen LogP contribution in [0.4, 0.5) is 10.5 Å². The number of aromatic nitrogens is 2. The minimum atomic E-state index is -0.368. The van der Waals surface area contributed by atoms with E-state index in [-0.39, 0.29) is 17.6 Å². The second kappa shape index (κ2) is 11.0. The number of benzene rings is 2. The molecule has 3 aromatic rings. The Kier molecular flexibility index (Phi) is 8.06. The van der Waals surface area contributed by atoms with Gasteiger partial charge in [0.1, 0.15) is 11.6 Å². The Hall–Kier alpha value is -3.39. The average molecular weight is 452 g/mol. The molecule has 0 saturated carbocycles. The molecule has 0 bridgehead atoms. The minimum Gasteiger partial charge on any atom is -0.497 e. The number of carbonyl (C=O) groups excluding carboxylic acids is 1. The summed E-state index contributed by atoms with van der Waals surface area (Å²) in [6, 6.07) is 14.0. The Bertz CT molecular complexity index is 1160. The molecule has 0 fully saturated rings. The third-order valence-corrected chi connectivity index (χ3v) is 5.64. The van der Waals surface area contributed by atoms with Crippen LogP contribution in [-0.2, 0) is 6.54 Å². The van der Waals surface area contributed by atoms with Crippen molar-refractivity contribution in [3.8, 4) is 5.75 Å². The topological polar surface area (TPSA) is 79.7 Å². The van der Waals surface area contributed by atoms with Gasteiger partial charge in [-0.3, -0.25) is 9.36 Å². The van der Waals surface area contributed by atoms with E-state index in [1.165, 1.54) is 0 Å². The van der Waals surface area contributed by atoms with Crippen LogP contribution in [-0.4, -0.2) is 59.7 Å². The van der Waals surface area contributed by atoms with Crippen LogP contribution in [0.25, 0.3) is 10.9 Å². The van der Waals surface area contributed by atoms with Crippen LogP contribution in [0.2, 0.25) is 0 Å². The van der Waals surface area contributed by atoms with Gasteiger partial charge in [0.25, 0.3) is 5.56 Å². The average Bonchev–Trinajstić information content (AvgIpc) is 2.81. The van der Waals surface area contributed by atoms with Gasteiger partial charge in [-0.15, -0.1) is 0 Å². The molecule has 1 atom stereocenters. The van der Waals surface area contributed by atoms with E-state index < -0.39 is 0 Å². The molecular weight excluding hydrogens is 418 g/mol. The Morgan fingerprint density at radius 2 is 1.88 bits per heavy atom. The number of rotatable bonds is 9. The predicted molar refractivity (Wildman–Crippen MR) is 132 cm³/mol. The summed E-state index contributed by atoms with van der Waals surface area (Å²) in [5, 5.41) is 3.57. The fourth-order valence-corrected chi connectivity index (χ4v) is 3.89. The van der Waals surface area contributed by atoms with Crippen molar-refractivity contribution in [1.82, 2.24) is 19.4 Å². The van der Waals surface area contributed by atoms with Crippen molar-refractivity contribution < 1.29 is 9.53 Å². The fourth-order valence-electron chi connectivity index (χ4n) is 3.89. The van der Waals surface area contributed by atoms with Crippen molar-refractivity contribution in [2.45, 2.75) is 32.9 Å². The van der Waals surface area contributed by atoms with Crippen LogP contribution in [0.1, 0.15) is 32.1 Å². The second-order valence-corrected chi connectivity index (χ2v) is 8.12. The quantitative estimate of drug-likeness (QED) is 0.533. The highest BCUT2D eigenvalue weighted by Crippen LogP contribution is 2.25. The third kappa shape index (κ3) is 5.51. The van der Waals surface area contributed by atoms with Crippen LogP contribution >= 0.6 is 0 Å². The van der Waals surface area contributed by atoms with Crippen molar-refractivity contribution in [3.05, 3.63) is 64.7 Å². The fraction of sp³-hybridized carbons (Fsp3) is 0.400. The van der Waals surface area contributed by atoms with Crippen LogP contribution in [0.5, 0.6) is 5.75 Å². The van der Waals surface area contributed by atoms with Gasteiger partial charge in [0.05, 0.1) is 24.1 Å². The smallest absolute Gasteiger partial charge is 0.322 e. The maximum atomic E-state index is 13.5. The standard InChI is InChI=1S/C25H33N5O3/c1-6-22(23-27-21-14-9-8-13-20(21)24(31)29(23)7-2)30(16-15-28(3)4)25(32)26-18-11-10-12-19(17-18)33-5/h8-14,17,22H,6-7,15-16H2,1-5H3,(H,26,32). The lowest BCUT2D eigenvalue weighted by Gasteiger charge is -2.33. The van der Waals surface area contributed by atoms with Crippen molar-refractivity contribution >= 4 is 22.6 Å². The van der Waals surface area contributed by atoms with Gasteiger partial charge in [-0.05, 0) is 51.7 Å². The first-order valence-electron chi connectivity index (χ1n) is 11.2. The number of urea groups is 1. The molecule has 1 aromatic heterocycles. The number of likely N-dealkylation sites (N-methyl/N-ethyl adjacent to an activating group) is 1. The van der Waals surface area contributed by atoms with Gasteiger partial charge in [0.15, 0.2) is 0 Å². The molecule has 8 nitrogen and oxygen atoms in total. The summed E-state index contributed by atoms with van der Waals surface area (Å²) < 4.78 is 6.96. The molecule has 0 saturated heterocycles. The molecular formula is C25H33N5O3.